The van der Waals surface area contributed by atoms with Crippen LogP contribution in [0.2, 0.25) is 5.02 Å². The van der Waals surface area contributed by atoms with E-state index in [4.69, 9.17) is 16.3 Å². The van der Waals surface area contributed by atoms with Crippen LogP contribution in [-0.2, 0) is 32.2 Å². The molecule has 2 N–H and O–H groups in total. The van der Waals surface area contributed by atoms with E-state index < -0.39 is 29.1 Å². The fraction of sp³-hybridized carbons (Fsp3) is 0.483. The monoisotopic (exact) mass is 553 g/mol. The third-order valence-corrected chi connectivity index (χ3v) is 9.69. The predicted molar refractivity (Wildman–Crippen MR) is 145 cm³/mol. The molecule has 9 heteroatoms. The van der Waals surface area contributed by atoms with Gasteiger partial charge in [-0.3, -0.25) is 14.4 Å². The van der Waals surface area contributed by atoms with Crippen LogP contribution >= 0.6 is 22.9 Å². The summed E-state index contributed by atoms with van der Waals surface area (Å²) in [4.78, 5) is 44.4. The number of amides is 3. The lowest BCUT2D eigenvalue weighted by Crippen LogP contribution is -2.56. The number of hydrogen-bond donors (Lipinski definition) is 2. The third-order valence-electron chi connectivity index (χ3n) is 8.56. The first-order chi connectivity index (χ1) is 18.3. The van der Waals surface area contributed by atoms with Crippen molar-refractivity contribution in [3.8, 4) is 0 Å². The summed E-state index contributed by atoms with van der Waals surface area (Å²) < 4.78 is 6.61. The van der Waals surface area contributed by atoms with Gasteiger partial charge in [-0.05, 0) is 48.9 Å². The molecule has 4 aliphatic rings. The van der Waals surface area contributed by atoms with Gasteiger partial charge >= 0.3 is 0 Å². The summed E-state index contributed by atoms with van der Waals surface area (Å²) in [5.41, 5.74) is -1.30. The van der Waals surface area contributed by atoms with E-state index in [0.717, 1.165) is 36.1 Å². The van der Waals surface area contributed by atoms with Gasteiger partial charge in [0.1, 0.15) is 11.6 Å². The number of carbonyl (C=O) groups is 3. The van der Waals surface area contributed by atoms with Crippen LogP contribution in [0, 0.1) is 11.8 Å². The Hall–Kier alpha value is -2.68. The molecule has 5 atom stereocenters. The van der Waals surface area contributed by atoms with Gasteiger partial charge in [-0.15, -0.1) is 11.3 Å². The molecule has 4 heterocycles. The van der Waals surface area contributed by atoms with Crippen molar-refractivity contribution < 1.29 is 19.1 Å². The van der Waals surface area contributed by atoms with Crippen molar-refractivity contribution in [1.29, 1.82) is 0 Å². The lowest BCUT2D eigenvalue weighted by atomic mass is 9.70. The minimum atomic E-state index is -1.19. The van der Waals surface area contributed by atoms with Gasteiger partial charge in [0.25, 0.3) is 0 Å². The van der Waals surface area contributed by atoms with Crippen LogP contribution in [0.25, 0.3) is 0 Å². The summed E-state index contributed by atoms with van der Waals surface area (Å²) in [7, 11) is 0. The second-order valence-electron chi connectivity index (χ2n) is 11.1. The van der Waals surface area contributed by atoms with Gasteiger partial charge in [0, 0.05) is 22.5 Å². The number of rotatable bonds is 7. The number of halogens is 1. The summed E-state index contributed by atoms with van der Waals surface area (Å²) in [5, 5.41) is 8.81. The molecule has 2 bridgehead atoms. The Morgan fingerprint density at radius 2 is 1.87 bits per heavy atom. The average molecular weight is 554 g/mol. The molecule has 1 aliphatic carbocycles. The Morgan fingerprint density at radius 1 is 1.11 bits per heavy atom. The van der Waals surface area contributed by atoms with E-state index in [1.165, 1.54) is 6.42 Å². The summed E-state index contributed by atoms with van der Waals surface area (Å²) >= 11 is 7.66. The molecule has 200 valence electrons. The van der Waals surface area contributed by atoms with Gasteiger partial charge in [-0.25, -0.2) is 0 Å². The zero-order valence-corrected chi connectivity index (χ0v) is 22.9. The highest BCUT2D eigenvalue weighted by Gasteiger charge is 2.76. The van der Waals surface area contributed by atoms with E-state index in [9.17, 15) is 14.4 Å². The first kappa shape index (κ1) is 25.6. The lowest BCUT2D eigenvalue weighted by molar-refractivity contribution is -0.145. The van der Waals surface area contributed by atoms with Crippen molar-refractivity contribution in [3.63, 3.8) is 0 Å². The predicted octanol–water partition coefficient (Wildman–Crippen LogP) is 4.21. The minimum Gasteiger partial charge on any atom is -0.356 e. The Bertz CT molecular complexity index is 1260. The second-order valence-corrected chi connectivity index (χ2v) is 12.5. The maximum atomic E-state index is 14.2. The molecule has 0 radical (unpaired) electrons. The van der Waals surface area contributed by atoms with E-state index in [-0.39, 0.29) is 30.3 Å². The number of nitrogens with zero attached hydrogens (tertiary/aromatic N) is 1. The Balaban J connectivity index is 1.33. The van der Waals surface area contributed by atoms with E-state index in [1.807, 2.05) is 48.7 Å². The zero-order chi connectivity index (χ0) is 26.5. The highest BCUT2D eigenvalue weighted by Crippen LogP contribution is 2.59. The topological polar surface area (TPSA) is 87.7 Å². The van der Waals surface area contributed by atoms with Crippen LogP contribution in [0.5, 0.6) is 0 Å². The van der Waals surface area contributed by atoms with Crippen LogP contribution in [0.3, 0.4) is 0 Å². The number of carbonyl (C=O) groups excluding carboxylic acids is 3. The number of hydrogen-bond acceptors (Lipinski definition) is 5. The number of benzene rings is 1. The van der Waals surface area contributed by atoms with Crippen LogP contribution in [-0.4, -0.2) is 45.9 Å². The second kappa shape index (κ2) is 9.81. The van der Waals surface area contributed by atoms with Gasteiger partial charge in [-0.1, -0.05) is 61.2 Å². The quantitative estimate of drug-likeness (QED) is 0.503. The molecule has 1 aromatic heterocycles. The molecule has 7 nitrogen and oxygen atoms in total. The molecule has 2 aromatic rings. The first-order valence-electron chi connectivity index (χ1n) is 13.4. The highest BCUT2D eigenvalue weighted by molar-refractivity contribution is 7.09. The molecule has 3 aliphatic heterocycles. The number of thiophene rings is 1. The number of ether oxygens (including phenoxy) is 1. The third kappa shape index (κ3) is 4.27. The largest absolute Gasteiger partial charge is 0.356 e. The standard InChI is InChI=1S/C29H32ClN3O4S/c1-28-13-14-29(37-28)23(22(28)25(34)31-16-21-8-5-15-38-21)27(36)33(17-18-9-11-19(30)12-10-18)24(29)26(35)32-20-6-3-2-4-7-20/h5,8-15,20,22-24H,2-4,6-7,16-17H2,1H3,(H,31,34)(H,32,35)/t22-,23+,24-,28+,29-/m1/s1. The molecule has 1 aromatic carbocycles. The molecule has 3 amide bonds. The molecule has 2 saturated heterocycles. The van der Waals surface area contributed by atoms with Crippen molar-refractivity contribution in [2.45, 2.75) is 75.4 Å². The van der Waals surface area contributed by atoms with Crippen molar-refractivity contribution in [1.82, 2.24) is 15.5 Å². The zero-order valence-electron chi connectivity index (χ0n) is 21.3. The molecule has 3 fully saturated rings. The van der Waals surface area contributed by atoms with Crippen LogP contribution < -0.4 is 10.6 Å². The number of likely N-dealkylation sites (tertiary alicyclic amines) is 1. The van der Waals surface area contributed by atoms with Crippen LogP contribution in [0.15, 0.2) is 53.9 Å². The Morgan fingerprint density at radius 3 is 2.58 bits per heavy atom. The smallest absolute Gasteiger partial charge is 0.246 e. The molecule has 6 rings (SSSR count). The Labute approximate surface area is 231 Å². The van der Waals surface area contributed by atoms with Gasteiger partial charge < -0.3 is 20.3 Å². The average Bonchev–Trinajstić information content (AvgIpc) is 3.65. The van der Waals surface area contributed by atoms with E-state index in [1.54, 1.807) is 28.4 Å². The first-order valence-corrected chi connectivity index (χ1v) is 14.6. The summed E-state index contributed by atoms with van der Waals surface area (Å²) in [6.07, 6.45) is 8.94. The molecule has 1 spiro atoms. The van der Waals surface area contributed by atoms with E-state index in [0.29, 0.717) is 11.6 Å². The minimum absolute atomic E-state index is 0.0854. The number of nitrogens with one attached hydrogen (secondary N) is 2. The molecule has 1 saturated carbocycles. The maximum absolute atomic E-state index is 14.2. The van der Waals surface area contributed by atoms with Gasteiger partial charge in [0.15, 0.2) is 0 Å². The fourth-order valence-electron chi connectivity index (χ4n) is 6.81. The van der Waals surface area contributed by atoms with Gasteiger partial charge in [-0.2, -0.15) is 0 Å². The normalized spacial score (nSPS) is 32.0. The SMILES string of the molecule is C[C@@]12C=C[C@@]3(O1)[C@H](C(=O)N(Cc1ccc(Cl)cc1)[C@@H]3C(=O)NC1CCCCC1)[C@@H]2C(=O)NCc1cccs1. The maximum Gasteiger partial charge on any atom is 0.246 e. The van der Waals surface area contributed by atoms with Crippen molar-refractivity contribution >= 4 is 40.7 Å². The summed E-state index contributed by atoms with van der Waals surface area (Å²) in [5.74, 6) is -2.19. The Kier molecular flexibility index (Phi) is 6.61. The highest BCUT2D eigenvalue weighted by atomic mass is 35.5. The van der Waals surface area contributed by atoms with Gasteiger partial charge in [0.05, 0.1) is 24.0 Å². The van der Waals surface area contributed by atoms with E-state index >= 15 is 0 Å². The lowest BCUT2D eigenvalue weighted by Gasteiger charge is -2.34. The van der Waals surface area contributed by atoms with Crippen LogP contribution in [0.1, 0.15) is 49.5 Å². The van der Waals surface area contributed by atoms with Crippen LogP contribution in [0.4, 0.5) is 0 Å². The molecule has 0 unspecified atom stereocenters. The summed E-state index contributed by atoms with van der Waals surface area (Å²) in [6.45, 7) is 2.47. The molecule has 38 heavy (non-hydrogen) atoms. The van der Waals surface area contributed by atoms with Crippen molar-refractivity contribution in [2.75, 3.05) is 0 Å². The fourth-order valence-corrected chi connectivity index (χ4v) is 7.58. The summed E-state index contributed by atoms with van der Waals surface area (Å²) in [6, 6.07) is 10.4. The number of fused-ring (bicyclic) bond motifs is 1. The van der Waals surface area contributed by atoms with Gasteiger partial charge in [0.2, 0.25) is 17.7 Å². The van der Waals surface area contributed by atoms with E-state index in [2.05, 4.69) is 10.6 Å². The van der Waals surface area contributed by atoms with Crippen molar-refractivity contribution in [3.05, 3.63) is 69.4 Å². The molecular formula is C29H32ClN3O4S. The van der Waals surface area contributed by atoms with Crippen molar-refractivity contribution in [2.24, 2.45) is 11.8 Å². The molecular weight excluding hydrogens is 522 g/mol.